The van der Waals surface area contributed by atoms with E-state index in [1.165, 1.54) is 21.0 Å². The number of nitrogens with zero attached hydrogens (tertiary/aromatic N) is 3. The number of rotatable bonds is 11. The molecule has 9 nitrogen and oxygen atoms in total. The Bertz CT molecular complexity index is 1290. The molecule has 0 bridgehead atoms. The van der Waals surface area contributed by atoms with Gasteiger partial charge >= 0.3 is 5.97 Å². The lowest BCUT2D eigenvalue weighted by molar-refractivity contribution is -0.147. The van der Waals surface area contributed by atoms with Crippen molar-refractivity contribution in [3.63, 3.8) is 0 Å². The van der Waals surface area contributed by atoms with E-state index >= 15 is 0 Å². The molecule has 1 aromatic heterocycles. The molecule has 0 saturated heterocycles. The van der Waals surface area contributed by atoms with E-state index in [4.69, 9.17) is 13.9 Å². The standard InChI is InChI=1S/C26H33N3O6S/c1-7-33-26(30)19(3)29(36(31,32)28(5)6)16-21-9-8-10-23(15-21)34-17-24-20(4)35-25(27-24)22-13-11-18(2)12-14-22/h8-15,19H,7,16-17H2,1-6H3. The maximum atomic E-state index is 13.0. The van der Waals surface area contributed by atoms with Gasteiger partial charge in [0.1, 0.15) is 29.9 Å². The van der Waals surface area contributed by atoms with E-state index in [1.54, 1.807) is 31.2 Å². The third kappa shape index (κ3) is 6.51. The predicted molar refractivity (Wildman–Crippen MR) is 136 cm³/mol. The maximum absolute atomic E-state index is 13.0. The molecule has 1 unspecified atom stereocenters. The Labute approximate surface area is 212 Å². The summed E-state index contributed by atoms with van der Waals surface area (Å²) < 4.78 is 44.9. The quantitative estimate of drug-likeness (QED) is 0.354. The highest BCUT2D eigenvalue weighted by atomic mass is 32.2. The van der Waals surface area contributed by atoms with Crippen molar-refractivity contribution in [2.75, 3.05) is 20.7 Å². The molecule has 3 rings (SSSR count). The van der Waals surface area contributed by atoms with Gasteiger partial charge in [-0.2, -0.15) is 17.0 Å². The minimum absolute atomic E-state index is 0.0295. The van der Waals surface area contributed by atoms with Crippen LogP contribution in [0.25, 0.3) is 11.5 Å². The summed E-state index contributed by atoms with van der Waals surface area (Å²) in [7, 11) is -1.05. The molecule has 0 aliphatic carbocycles. The van der Waals surface area contributed by atoms with Gasteiger partial charge in [0.2, 0.25) is 5.89 Å². The van der Waals surface area contributed by atoms with Gasteiger partial charge in [-0.15, -0.1) is 0 Å². The molecule has 194 valence electrons. The van der Waals surface area contributed by atoms with Gasteiger partial charge in [0.25, 0.3) is 10.2 Å². The van der Waals surface area contributed by atoms with Gasteiger partial charge in [0, 0.05) is 26.2 Å². The summed E-state index contributed by atoms with van der Waals surface area (Å²) in [5, 5.41) is 0. The first-order valence-electron chi connectivity index (χ1n) is 11.6. The van der Waals surface area contributed by atoms with Gasteiger partial charge in [-0.25, -0.2) is 4.98 Å². The Morgan fingerprint density at radius 1 is 1.11 bits per heavy atom. The number of hydrogen-bond acceptors (Lipinski definition) is 7. The van der Waals surface area contributed by atoms with E-state index < -0.39 is 22.2 Å². The molecular formula is C26H33N3O6S. The van der Waals surface area contributed by atoms with Crippen LogP contribution in [0.4, 0.5) is 0 Å². The summed E-state index contributed by atoms with van der Waals surface area (Å²) >= 11 is 0. The van der Waals surface area contributed by atoms with Gasteiger partial charge in [-0.05, 0) is 57.5 Å². The summed E-state index contributed by atoms with van der Waals surface area (Å²) in [4.78, 5) is 16.9. The van der Waals surface area contributed by atoms with Crippen LogP contribution in [-0.2, 0) is 32.9 Å². The average molecular weight is 516 g/mol. The first-order valence-corrected chi connectivity index (χ1v) is 13.0. The third-order valence-corrected chi connectivity index (χ3v) is 7.58. The van der Waals surface area contributed by atoms with Crippen molar-refractivity contribution in [2.45, 2.75) is 46.9 Å². The van der Waals surface area contributed by atoms with Crippen molar-refractivity contribution < 1.29 is 27.1 Å². The molecule has 0 spiro atoms. The maximum Gasteiger partial charge on any atom is 0.324 e. The van der Waals surface area contributed by atoms with E-state index in [0.29, 0.717) is 28.7 Å². The van der Waals surface area contributed by atoms with Crippen LogP contribution >= 0.6 is 0 Å². The van der Waals surface area contributed by atoms with E-state index in [9.17, 15) is 13.2 Å². The number of carbonyl (C=O) groups excluding carboxylic acids is 1. The molecule has 0 fully saturated rings. The highest BCUT2D eigenvalue weighted by Gasteiger charge is 2.34. The number of hydrogen-bond donors (Lipinski definition) is 0. The Balaban J connectivity index is 1.76. The number of carbonyl (C=O) groups is 1. The normalized spacial score (nSPS) is 12.7. The van der Waals surface area contributed by atoms with E-state index in [0.717, 1.165) is 19.7 Å². The molecule has 10 heteroatoms. The molecule has 1 atom stereocenters. The number of benzene rings is 2. The highest BCUT2D eigenvalue weighted by molar-refractivity contribution is 7.86. The van der Waals surface area contributed by atoms with Gasteiger partial charge in [-0.1, -0.05) is 29.8 Å². The number of aryl methyl sites for hydroxylation is 2. The summed E-state index contributed by atoms with van der Waals surface area (Å²) in [5.41, 5.74) is 3.36. The Morgan fingerprint density at radius 2 is 1.81 bits per heavy atom. The Kier molecular flexibility index (Phi) is 8.89. The molecule has 0 N–H and O–H groups in total. The SMILES string of the molecule is CCOC(=O)C(C)N(Cc1cccc(OCc2nc(-c3ccc(C)cc3)oc2C)c1)S(=O)(=O)N(C)C. The van der Waals surface area contributed by atoms with Crippen LogP contribution in [-0.4, -0.2) is 54.7 Å². The fraction of sp³-hybridized carbons (Fsp3) is 0.385. The Morgan fingerprint density at radius 3 is 2.44 bits per heavy atom. The second kappa shape index (κ2) is 11.7. The second-order valence-electron chi connectivity index (χ2n) is 8.59. The van der Waals surface area contributed by atoms with Gasteiger partial charge < -0.3 is 13.9 Å². The molecule has 2 aromatic carbocycles. The first-order chi connectivity index (χ1) is 17.0. The molecule has 0 aliphatic rings. The topological polar surface area (TPSA) is 102 Å². The van der Waals surface area contributed by atoms with E-state index in [-0.39, 0.29) is 19.8 Å². The van der Waals surface area contributed by atoms with Gasteiger partial charge in [0.05, 0.1) is 6.61 Å². The van der Waals surface area contributed by atoms with Gasteiger partial charge in [-0.3, -0.25) is 4.79 Å². The zero-order valence-electron chi connectivity index (χ0n) is 21.5. The average Bonchev–Trinajstić information content (AvgIpc) is 3.21. The van der Waals surface area contributed by atoms with Gasteiger partial charge in [0.15, 0.2) is 0 Å². The monoisotopic (exact) mass is 515 g/mol. The number of oxazole rings is 1. The lowest BCUT2D eigenvalue weighted by Crippen LogP contribution is -2.48. The second-order valence-corrected chi connectivity index (χ2v) is 10.7. The van der Waals surface area contributed by atoms with Crippen molar-refractivity contribution in [1.29, 1.82) is 0 Å². The molecular weight excluding hydrogens is 482 g/mol. The van der Waals surface area contributed by atoms with E-state index in [1.807, 2.05) is 38.1 Å². The number of ether oxygens (including phenoxy) is 2. The largest absolute Gasteiger partial charge is 0.487 e. The molecule has 0 amide bonds. The lowest BCUT2D eigenvalue weighted by atomic mass is 10.1. The predicted octanol–water partition coefficient (Wildman–Crippen LogP) is 4.10. The zero-order valence-corrected chi connectivity index (χ0v) is 22.3. The zero-order chi connectivity index (χ0) is 26.5. The van der Waals surface area contributed by atoms with Crippen LogP contribution in [0.3, 0.4) is 0 Å². The summed E-state index contributed by atoms with van der Waals surface area (Å²) in [5.74, 6) is 1.12. The smallest absolute Gasteiger partial charge is 0.324 e. The molecule has 0 radical (unpaired) electrons. The van der Waals surface area contributed by atoms with Crippen LogP contribution in [0, 0.1) is 13.8 Å². The first kappa shape index (κ1) is 27.4. The van der Waals surface area contributed by atoms with Crippen molar-refractivity contribution in [3.8, 4) is 17.2 Å². The molecule has 0 aliphatic heterocycles. The van der Waals surface area contributed by atoms with Crippen LogP contribution in [0.15, 0.2) is 52.9 Å². The molecule has 36 heavy (non-hydrogen) atoms. The van der Waals surface area contributed by atoms with Crippen molar-refractivity contribution in [3.05, 3.63) is 71.1 Å². The number of aromatic nitrogens is 1. The van der Waals surface area contributed by atoms with E-state index in [2.05, 4.69) is 4.98 Å². The fourth-order valence-electron chi connectivity index (χ4n) is 3.46. The third-order valence-electron chi connectivity index (χ3n) is 5.62. The lowest BCUT2D eigenvalue weighted by Gasteiger charge is -2.29. The molecule has 1 heterocycles. The van der Waals surface area contributed by atoms with Crippen molar-refractivity contribution in [1.82, 2.24) is 13.6 Å². The van der Waals surface area contributed by atoms with Crippen LogP contribution < -0.4 is 4.74 Å². The Hall–Kier alpha value is -3.21. The van der Waals surface area contributed by atoms with Crippen LogP contribution in [0.2, 0.25) is 0 Å². The van der Waals surface area contributed by atoms with Crippen LogP contribution in [0.1, 0.15) is 36.4 Å². The fourth-order valence-corrected chi connectivity index (χ4v) is 4.67. The number of esters is 1. The summed E-state index contributed by atoms with van der Waals surface area (Å²) in [6.07, 6.45) is 0. The molecule has 3 aromatic rings. The minimum atomic E-state index is -3.90. The molecule has 0 saturated carbocycles. The minimum Gasteiger partial charge on any atom is -0.487 e. The van der Waals surface area contributed by atoms with Crippen molar-refractivity contribution in [2.24, 2.45) is 0 Å². The highest BCUT2D eigenvalue weighted by Crippen LogP contribution is 2.24. The van der Waals surface area contributed by atoms with Crippen molar-refractivity contribution >= 4 is 16.2 Å². The summed E-state index contributed by atoms with van der Waals surface area (Å²) in [6, 6.07) is 14.0. The summed E-state index contributed by atoms with van der Waals surface area (Å²) in [6.45, 7) is 7.36. The van der Waals surface area contributed by atoms with Crippen LogP contribution in [0.5, 0.6) is 5.75 Å².